The predicted molar refractivity (Wildman–Crippen MR) is 96.6 cm³/mol. The van der Waals surface area contributed by atoms with Gasteiger partial charge in [0.25, 0.3) is 0 Å². The highest BCUT2D eigenvalue weighted by Gasteiger charge is 2.60. The molecule has 0 aromatic carbocycles. The molecule has 3 fully saturated rings. The Kier molecular flexibility index (Phi) is 4.15. The molecule has 0 bridgehead atoms. The Morgan fingerprint density at radius 1 is 1.17 bits per heavy atom. The minimum atomic E-state index is 0.547. The molecule has 2 heterocycles. The fourth-order valence-corrected chi connectivity index (χ4v) is 5.32. The predicted octanol–water partition coefficient (Wildman–Crippen LogP) is 2.61. The van der Waals surface area contributed by atoms with E-state index >= 15 is 0 Å². The van der Waals surface area contributed by atoms with Gasteiger partial charge in [0.2, 0.25) is 0 Å². The highest BCUT2D eigenvalue weighted by Crippen LogP contribution is 2.62. The fraction of sp³-hybridized carbons (Fsp3) is 0.800. The molecule has 3 nitrogen and oxygen atoms in total. The Bertz CT molecular complexity index is 511. The molecule has 0 aromatic rings. The van der Waals surface area contributed by atoms with Gasteiger partial charge in [-0.3, -0.25) is 9.80 Å². The minimum absolute atomic E-state index is 0.547. The number of piperazine rings is 1. The Morgan fingerprint density at radius 2 is 2.04 bits per heavy atom. The van der Waals surface area contributed by atoms with Crippen molar-refractivity contribution in [1.82, 2.24) is 14.7 Å². The lowest BCUT2D eigenvalue weighted by molar-refractivity contribution is 0.0715. The molecule has 4 unspecified atom stereocenters. The van der Waals surface area contributed by atoms with E-state index in [1.165, 1.54) is 58.7 Å². The highest BCUT2D eigenvalue weighted by atomic mass is 15.3. The molecule has 4 aliphatic rings. The second-order valence-electron chi connectivity index (χ2n) is 8.18. The summed E-state index contributed by atoms with van der Waals surface area (Å²) in [6, 6.07) is 1.34. The minimum Gasteiger partial charge on any atom is -0.302 e. The van der Waals surface area contributed by atoms with Crippen molar-refractivity contribution >= 4 is 0 Å². The summed E-state index contributed by atoms with van der Waals surface area (Å²) >= 11 is 0. The van der Waals surface area contributed by atoms with Crippen molar-refractivity contribution in [2.24, 2.45) is 11.3 Å². The van der Waals surface area contributed by atoms with Gasteiger partial charge in [-0.1, -0.05) is 32.1 Å². The van der Waals surface area contributed by atoms with Crippen LogP contribution in [-0.2, 0) is 0 Å². The van der Waals surface area contributed by atoms with Gasteiger partial charge in [0.15, 0.2) is 0 Å². The van der Waals surface area contributed by atoms with Crippen LogP contribution in [0.3, 0.4) is 0 Å². The van der Waals surface area contributed by atoms with Crippen LogP contribution >= 0.6 is 0 Å². The average Bonchev–Trinajstić information content (AvgIpc) is 3.16. The molecular weight excluding hydrogens is 282 g/mol. The number of nitrogens with zero attached hydrogens (tertiary/aromatic N) is 3. The number of allylic oxidation sites excluding steroid dienone is 1. The van der Waals surface area contributed by atoms with E-state index in [0.717, 1.165) is 5.92 Å². The molecule has 1 saturated carbocycles. The molecule has 3 heteroatoms. The van der Waals surface area contributed by atoms with Crippen LogP contribution in [0.15, 0.2) is 23.8 Å². The first-order valence-electron chi connectivity index (χ1n) is 9.75. The van der Waals surface area contributed by atoms with Crippen molar-refractivity contribution in [3.8, 4) is 0 Å². The number of likely N-dealkylation sites (N-methyl/N-ethyl adjacent to an activating group) is 1. The van der Waals surface area contributed by atoms with Gasteiger partial charge < -0.3 is 4.90 Å². The lowest BCUT2D eigenvalue weighted by Crippen LogP contribution is -2.54. The Morgan fingerprint density at radius 3 is 2.65 bits per heavy atom. The third-order valence-electron chi connectivity index (χ3n) is 6.99. The van der Waals surface area contributed by atoms with Gasteiger partial charge in [-0.25, -0.2) is 0 Å². The van der Waals surface area contributed by atoms with Crippen LogP contribution in [0.2, 0.25) is 0 Å². The number of rotatable bonds is 4. The van der Waals surface area contributed by atoms with E-state index in [2.05, 4.69) is 53.7 Å². The van der Waals surface area contributed by atoms with E-state index in [0.29, 0.717) is 17.5 Å². The summed E-state index contributed by atoms with van der Waals surface area (Å²) in [6.45, 7) is 15.7. The summed E-state index contributed by atoms with van der Waals surface area (Å²) in [6.07, 6.45) is 10.3. The van der Waals surface area contributed by atoms with Crippen LogP contribution in [0.4, 0.5) is 0 Å². The topological polar surface area (TPSA) is 9.72 Å². The Hall–Kier alpha value is -0.640. The van der Waals surface area contributed by atoms with Gasteiger partial charge in [-0.15, -0.1) is 0 Å². The average molecular weight is 316 g/mol. The van der Waals surface area contributed by atoms with Gasteiger partial charge >= 0.3 is 0 Å². The summed E-state index contributed by atoms with van der Waals surface area (Å²) < 4.78 is 0. The molecule has 0 aromatic heterocycles. The van der Waals surface area contributed by atoms with Crippen molar-refractivity contribution in [2.45, 2.75) is 45.7 Å². The SMILES string of the molecule is CCN1CC2CC2(C2=CCC(N3CCN(CC)C(C)C3)C=C2)C1. The molecule has 23 heavy (non-hydrogen) atoms. The standard InChI is InChI=1S/C20H33N3/c1-4-21-14-18-12-20(18,15-21)17-6-8-19(9-7-17)23-11-10-22(5-2)16(3)13-23/h6-8,16,18-19H,4-5,9-15H2,1-3H3. The van der Waals surface area contributed by atoms with Crippen molar-refractivity contribution < 1.29 is 0 Å². The molecule has 0 amide bonds. The molecule has 2 aliphatic heterocycles. The number of hydrogen-bond donors (Lipinski definition) is 0. The van der Waals surface area contributed by atoms with E-state index in [4.69, 9.17) is 0 Å². The van der Waals surface area contributed by atoms with E-state index in [1.54, 1.807) is 5.57 Å². The van der Waals surface area contributed by atoms with Crippen molar-refractivity contribution in [1.29, 1.82) is 0 Å². The number of hydrogen-bond acceptors (Lipinski definition) is 3. The van der Waals surface area contributed by atoms with Crippen LogP contribution < -0.4 is 0 Å². The third kappa shape index (κ3) is 2.71. The van der Waals surface area contributed by atoms with Gasteiger partial charge in [-0.2, -0.15) is 0 Å². The van der Waals surface area contributed by atoms with Crippen molar-refractivity contribution in [3.63, 3.8) is 0 Å². The zero-order valence-corrected chi connectivity index (χ0v) is 15.2. The van der Waals surface area contributed by atoms with Gasteiger partial charge in [0, 0.05) is 50.2 Å². The van der Waals surface area contributed by atoms with Crippen molar-refractivity contribution in [2.75, 3.05) is 45.8 Å². The van der Waals surface area contributed by atoms with Crippen LogP contribution in [0.25, 0.3) is 0 Å². The van der Waals surface area contributed by atoms with Crippen LogP contribution in [0.5, 0.6) is 0 Å². The maximum Gasteiger partial charge on any atom is 0.0317 e. The first-order chi connectivity index (χ1) is 11.2. The highest BCUT2D eigenvalue weighted by molar-refractivity contribution is 5.40. The lowest BCUT2D eigenvalue weighted by atomic mass is 9.88. The quantitative estimate of drug-likeness (QED) is 0.789. The van der Waals surface area contributed by atoms with E-state index in [9.17, 15) is 0 Å². The third-order valence-corrected chi connectivity index (χ3v) is 6.99. The summed E-state index contributed by atoms with van der Waals surface area (Å²) in [5.41, 5.74) is 2.21. The normalized spacial score (nSPS) is 41.9. The summed E-state index contributed by atoms with van der Waals surface area (Å²) in [5, 5.41) is 0. The first kappa shape index (κ1) is 15.9. The molecular formula is C20H33N3. The fourth-order valence-electron chi connectivity index (χ4n) is 5.32. The maximum absolute atomic E-state index is 2.70. The zero-order chi connectivity index (χ0) is 16.0. The van der Waals surface area contributed by atoms with Gasteiger partial charge in [0.05, 0.1) is 0 Å². The second-order valence-corrected chi connectivity index (χ2v) is 8.18. The lowest BCUT2D eigenvalue weighted by Gasteiger charge is -2.42. The Balaban J connectivity index is 1.37. The Labute approximate surface area is 142 Å². The van der Waals surface area contributed by atoms with Gasteiger partial charge in [0.1, 0.15) is 0 Å². The van der Waals surface area contributed by atoms with Crippen LogP contribution in [-0.4, -0.2) is 72.6 Å². The van der Waals surface area contributed by atoms with E-state index in [1.807, 2.05) is 0 Å². The smallest absolute Gasteiger partial charge is 0.0317 e. The number of piperidine rings is 1. The van der Waals surface area contributed by atoms with Gasteiger partial charge in [-0.05, 0) is 44.3 Å². The molecule has 2 saturated heterocycles. The second kappa shape index (κ2) is 6.02. The zero-order valence-electron chi connectivity index (χ0n) is 15.2. The van der Waals surface area contributed by atoms with E-state index in [-0.39, 0.29) is 0 Å². The monoisotopic (exact) mass is 315 g/mol. The molecule has 0 spiro atoms. The number of likely N-dealkylation sites (tertiary alicyclic amines) is 1. The van der Waals surface area contributed by atoms with Crippen molar-refractivity contribution in [3.05, 3.63) is 23.8 Å². The molecule has 0 radical (unpaired) electrons. The number of fused-ring (bicyclic) bond motifs is 1. The molecule has 4 rings (SSSR count). The van der Waals surface area contributed by atoms with E-state index < -0.39 is 0 Å². The van der Waals surface area contributed by atoms with Crippen LogP contribution in [0.1, 0.15) is 33.6 Å². The molecule has 4 atom stereocenters. The molecule has 2 aliphatic carbocycles. The summed E-state index contributed by atoms with van der Waals surface area (Å²) in [7, 11) is 0. The summed E-state index contributed by atoms with van der Waals surface area (Å²) in [4.78, 5) is 7.95. The molecule has 128 valence electrons. The largest absolute Gasteiger partial charge is 0.302 e. The maximum atomic E-state index is 2.70. The van der Waals surface area contributed by atoms with Crippen LogP contribution in [0, 0.1) is 11.3 Å². The first-order valence-corrected chi connectivity index (χ1v) is 9.75. The summed E-state index contributed by atoms with van der Waals surface area (Å²) in [5.74, 6) is 0.947. The molecule has 0 N–H and O–H groups in total.